The average molecular weight is 419 g/mol. The lowest BCUT2D eigenvalue weighted by atomic mass is 9.95. The number of carbonyl (C=O) groups is 1. The number of carbonyl (C=O) groups excluding carboxylic acids is 1. The summed E-state index contributed by atoms with van der Waals surface area (Å²) in [5.41, 5.74) is 1.17. The van der Waals surface area contributed by atoms with E-state index < -0.39 is 0 Å². The van der Waals surface area contributed by atoms with Crippen molar-refractivity contribution in [3.63, 3.8) is 0 Å². The first kappa shape index (κ1) is 20.0. The van der Waals surface area contributed by atoms with E-state index in [1.165, 1.54) is 10.6 Å². The molecule has 2 saturated heterocycles. The van der Waals surface area contributed by atoms with Crippen molar-refractivity contribution >= 4 is 28.6 Å². The van der Waals surface area contributed by atoms with E-state index in [0.29, 0.717) is 5.91 Å². The van der Waals surface area contributed by atoms with Crippen LogP contribution in [0.15, 0.2) is 22.9 Å². The maximum Gasteiger partial charge on any atom is 0.225 e. The van der Waals surface area contributed by atoms with Crippen molar-refractivity contribution < 1.29 is 4.79 Å². The molecule has 4 rings (SSSR count). The van der Waals surface area contributed by atoms with Crippen molar-refractivity contribution in [2.45, 2.75) is 39.3 Å². The Morgan fingerprint density at radius 1 is 1.07 bits per heavy atom. The van der Waals surface area contributed by atoms with Crippen molar-refractivity contribution in [2.24, 2.45) is 5.92 Å². The molecule has 2 aliphatic heterocycles. The van der Waals surface area contributed by atoms with Gasteiger partial charge in [0.15, 0.2) is 0 Å². The first-order chi connectivity index (χ1) is 13.7. The zero-order valence-corrected chi connectivity index (χ0v) is 18.3. The summed E-state index contributed by atoms with van der Waals surface area (Å²) in [6.45, 7) is 9.89. The number of aromatic nitrogens is 1. The Labute approximate surface area is 176 Å². The Hall–Kier alpha value is -1.28. The summed E-state index contributed by atoms with van der Waals surface area (Å²) < 4.78 is 0. The van der Waals surface area contributed by atoms with Gasteiger partial charge in [-0.25, -0.2) is 4.98 Å². The van der Waals surface area contributed by atoms with Crippen LogP contribution in [0, 0.1) is 12.8 Å². The standard InChI is InChI=1S/C21H30N4OS2/c1-17-22-19(16-28-17)14-24-9-5-18(6-10-24)21(26)25-8-3-7-23(11-12-25)15-20-4-2-13-27-20/h2,4,13,16,18H,3,5-12,14-15H2,1H3. The number of rotatable bonds is 5. The first-order valence-electron chi connectivity index (χ1n) is 10.3. The molecule has 2 aliphatic rings. The zero-order chi connectivity index (χ0) is 19.3. The van der Waals surface area contributed by atoms with Gasteiger partial charge in [-0.3, -0.25) is 14.6 Å². The number of amides is 1. The first-order valence-corrected chi connectivity index (χ1v) is 12.1. The number of hydrogen-bond donors (Lipinski definition) is 0. The SMILES string of the molecule is Cc1nc(CN2CCC(C(=O)N3CCCN(Cc4cccs4)CC3)CC2)cs1. The molecule has 2 aromatic rings. The lowest BCUT2D eigenvalue weighted by Crippen LogP contribution is -2.43. The van der Waals surface area contributed by atoms with Crippen molar-refractivity contribution in [1.29, 1.82) is 0 Å². The highest BCUT2D eigenvalue weighted by atomic mass is 32.1. The fourth-order valence-electron chi connectivity index (χ4n) is 4.28. The second-order valence-corrected chi connectivity index (χ2v) is 10.0. The van der Waals surface area contributed by atoms with Crippen molar-refractivity contribution in [3.05, 3.63) is 38.5 Å². The minimum atomic E-state index is 0.206. The van der Waals surface area contributed by atoms with E-state index in [2.05, 4.69) is 49.5 Å². The van der Waals surface area contributed by atoms with Gasteiger partial charge in [-0.15, -0.1) is 22.7 Å². The van der Waals surface area contributed by atoms with Crippen LogP contribution in [0.3, 0.4) is 0 Å². The van der Waals surface area contributed by atoms with Crippen LogP contribution in [-0.4, -0.2) is 64.9 Å². The molecule has 0 atom stereocenters. The second kappa shape index (κ2) is 9.48. The third-order valence-electron chi connectivity index (χ3n) is 5.85. The van der Waals surface area contributed by atoms with Crippen molar-refractivity contribution in [1.82, 2.24) is 19.7 Å². The van der Waals surface area contributed by atoms with Gasteiger partial charge in [0.2, 0.25) is 5.91 Å². The lowest BCUT2D eigenvalue weighted by molar-refractivity contribution is -0.137. The van der Waals surface area contributed by atoms with Crippen LogP contribution in [0.2, 0.25) is 0 Å². The molecule has 28 heavy (non-hydrogen) atoms. The van der Waals surface area contributed by atoms with Gasteiger partial charge in [-0.1, -0.05) is 6.07 Å². The fraction of sp³-hybridized carbons (Fsp3) is 0.619. The number of likely N-dealkylation sites (tertiary alicyclic amines) is 1. The number of nitrogens with zero attached hydrogens (tertiary/aromatic N) is 4. The van der Waals surface area contributed by atoms with Crippen LogP contribution in [0.4, 0.5) is 0 Å². The molecule has 0 radical (unpaired) electrons. The minimum Gasteiger partial charge on any atom is -0.341 e. The molecule has 2 aromatic heterocycles. The average Bonchev–Trinajstić information content (AvgIpc) is 3.29. The van der Waals surface area contributed by atoms with Gasteiger partial charge in [0, 0.05) is 55.4 Å². The monoisotopic (exact) mass is 418 g/mol. The summed E-state index contributed by atoms with van der Waals surface area (Å²) in [4.78, 5) is 26.2. The Morgan fingerprint density at radius 3 is 2.61 bits per heavy atom. The summed E-state index contributed by atoms with van der Waals surface area (Å²) in [5.74, 6) is 0.597. The summed E-state index contributed by atoms with van der Waals surface area (Å²) in [6, 6.07) is 4.33. The van der Waals surface area contributed by atoms with Gasteiger partial charge < -0.3 is 4.90 Å². The summed E-state index contributed by atoms with van der Waals surface area (Å²) in [7, 11) is 0. The van der Waals surface area contributed by atoms with Crippen LogP contribution in [-0.2, 0) is 17.9 Å². The van der Waals surface area contributed by atoms with E-state index in [9.17, 15) is 4.79 Å². The number of thiazole rings is 1. The maximum absolute atomic E-state index is 13.1. The molecule has 152 valence electrons. The molecule has 2 fully saturated rings. The van der Waals surface area contributed by atoms with Crippen LogP contribution in [0.1, 0.15) is 34.8 Å². The molecule has 0 N–H and O–H groups in total. The van der Waals surface area contributed by atoms with E-state index in [0.717, 1.165) is 76.6 Å². The molecule has 0 spiro atoms. The van der Waals surface area contributed by atoms with Gasteiger partial charge >= 0.3 is 0 Å². The molecule has 1 amide bonds. The topological polar surface area (TPSA) is 39.7 Å². The van der Waals surface area contributed by atoms with Crippen LogP contribution >= 0.6 is 22.7 Å². The second-order valence-electron chi connectivity index (χ2n) is 7.94. The van der Waals surface area contributed by atoms with Crippen molar-refractivity contribution in [2.75, 3.05) is 39.3 Å². The lowest BCUT2D eigenvalue weighted by Gasteiger charge is -2.33. The van der Waals surface area contributed by atoms with E-state index >= 15 is 0 Å². The van der Waals surface area contributed by atoms with Gasteiger partial charge in [0.05, 0.1) is 10.7 Å². The maximum atomic E-state index is 13.1. The molecule has 0 saturated carbocycles. The number of hydrogen-bond acceptors (Lipinski definition) is 6. The predicted molar refractivity (Wildman–Crippen MR) is 116 cm³/mol. The van der Waals surface area contributed by atoms with Gasteiger partial charge in [0.25, 0.3) is 0 Å². The minimum absolute atomic E-state index is 0.206. The molecule has 7 heteroatoms. The summed E-state index contributed by atoms with van der Waals surface area (Å²) in [5, 5.41) is 5.44. The molecule has 5 nitrogen and oxygen atoms in total. The van der Waals surface area contributed by atoms with Gasteiger partial charge in [0.1, 0.15) is 0 Å². The fourth-order valence-corrected chi connectivity index (χ4v) is 5.63. The van der Waals surface area contributed by atoms with E-state index in [1.54, 1.807) is 11.3 Å². The molecule has 0 aliphatic carbocycles. The van der Waals surface area contributed by atoms with Crippen LogP contribution in [0.25, 0.3) is 0 Å². The third-order valence-corrected chi connectivity index (χ3v) is 7.53. The smallest absolute Gasteiger partial charge is 0.225 e. The predicted octanol–water partition coefficient (Wildman–Crippen LogP) is 3.46. The number of piperidine rings is 1. The number of thiophene rings is 1. The van der Waals surface area contributed by atoms with Gasteiger partial charge in [-0.2, -0.15) is 0 Å². The van der Waals surface area contributed by atoms with Crippen LogP contribution < -0.4 is 0 Å². The molecular formula is C21H30N4OS2. The molecular weight excluding hydrogens is 388 g/mol. The highest BCUT2D eigenvalue weighted by Crippen LogP contribution is 2.23. The van der Waals surface area contributed by atoms with Crippen molar-refractivity contribution in [3.8, 4) is 0 Å². The Kier molecular flexibility index (Phi) is 6.77. The Balaban J connectivity index is 1.23. The molecule has 0 unspecified atom stereocenters. The largest absolute Gasteiger partial charge is 0.341 e. The quantitative estimate of drug-likeness (QED) is 0.746. The summed E-state index contributed by atoms with van der Waals surface area (Å²) >= 11 is 3.54. The third kappa shape index (κ3) is 5.20. The van der Waals surface area contributed by atoms with E-state index in [-0.39, 0.29) is 5.92 Å². The molecule has 0 bridgehead atoms. The van der Waals surface area contributed by atoms with E-state index in [4.69, 9.17) is 0 Å². The number of aryl methyl sites for hydroxylation is 1. The van der Waals surface area contributed by atoms with Gasteiger partial charge in [-0.05, 0) is 50.7 Å². The zero-order valence-electron chi connectivity index (χ0n) is 16.7. The normalized spacial score (nSPS) is 20.4. The highest BCUT2D eigenvalue weighted by Gasteiger charge is 2.29. The molecule has 0 aromatic carbocycles. The molecule has 4 heterocycles. The van der Waals surface area contributed by atoms with Crippen LogP contribution in [0.5, 0.6) is 0 Å². The highest BCUT2D eigenvalue weighted by molar-refractivity contribution is 7.10. The van der Waals surface area contributed by atoms with E-state index in [1.807, 2.05) is 11.3 Å². The Morgan fingerprint density at radius 2 is 1.89 bits per heavy atom. The summed E-state index contributed by atoms with van der Waals surface area (Å²) in [6.07, 6.45) is 3.05. The Bertz CT molecular complexity index is 752.